The van der Waals surface area contributed by atoms with E-state index in [1.807, 2.05) is 6.92 Å². The van der Waals surface area contributed by atoms with Crippen molar-refractivity contribution in [1.82, 2.24) is 9.55 Å². The maximum atomic E-state index is 12.0. The van der Waals surface area contributed by atoms with E-state index in [1.54, 1.807) is 0 Å². The summed E-state index contributed by atoms with van der Waals surface area (Å²) >= 11 is 0. The van der Waals surface area contributed by atoms with Crippen LogP contribution in [0.25, 0.3) is 0 Å². The quantitative estimate of drug-likeness (QED) is 0.805. The van der Waals surface area contributed by atoms with Crippen LogP contribution in [0.15, 0.2) is 15.8 Å². The Balaban J connectivity index is 1.86. The molecule has 0 aliphatic carbocycles. The molecular formula is C12H17N2O7P. The van der Waals surface area contributed by atoms with E-state index >= 15 is 0 Å². The Hall–Kier alpha value is -1.25. The van der Waals surface area contributed by atoms with Gasteiger partial charge in [-0.2, -0.15) is 0 Å². The first-order valence-electron chi connectivity index (χ1n) is 6.94. The summed E-state index contributed by atoms with van der Waals surface area (Å²) in [4.78, 5) is 25.8. The molecule has 0 amide bonds. The van der Waals surface area contributed by atoms with E-state index in [-0.39, 0.29) is 6.61 Å². The Morgan fingerprint density at radius 1 is 1.45 bits per heavy atom. The lowest BCUT2D eigenvalue weighted by atomic mass is 10.2. The smallest absolute Gasteiger partial charge is 0.349 e. The van der Waals surface area contributed by atoms with Crippen LogP contribution in [0.3, 0.4) is 0 Å². The third-order valence-corrected chi connectivity index (χ3v) is 5.24. The van der Waals surface area contributed by atoms with Gasteiger partial charge in [-0.3, -0.25) is 27.9 Å². The van der Waals surface area contributed by atoms with Gasteiger partial charge in [-0.25, -0.2) is 9.36 Å². The van der Waals surface area contributed by atoms with Crippen LogP contribution in [0.1, 0.15) is 25.1 Å². The molecule has 0 radical (unpaired) electrons. The van der Waals surface area contributed by atoms with Crippen LogP contribution in [0.2, 0.25) is 0 Å². The Bertz CT molecular complexity index is 727. The number of aromatic amines is 1. The number of phosphoric acid groups is 1. The highest BCUT2D eigenvalue weighted by molar-refractivity contribution is 7.48. The minimum atomic E-state index is -3.54. The number of phosphoric ester groups is 1. The highest BCUT2D eigenvalue weighted by Gasteiger charge is 2.47. The first-order valence-corrected chi connectivity index (χ1v) is 8.40. The SMILES string of the molecule is CCc1cn([C@H]2C[C@@H]3O[P@](=O)(OC)OC[C@H]3O2)c(=O)[nH]c1=O. The van der Waals surface area contributed by atoms with Crippen LogP contribution >= 0.6 is 7.82 Å². The number of nitrogens with one attached hydrogen (secondary N) is 1. The monoisotopic (exact) mass is 332 g/mol. The summed E-state index contributed by atoms with van der Waals surface area (Å²) in [6.45, 7) is 1.88. The summed E-state index contributed by atoms with van der Waals surface area (Å²) in [6.07, 6.45) is 0.751. The number of nitrogens with zero attached hydrogens (tertiary/aromatic N) is 1. The van der Waals surface area contributed by atoms with Crippen LogP contribution in [-0.2, 0) is 29.3 Å². The molecule has 4 atom stereocenters. The van der Waals surface area contributed by atoms with Crippen LogP contribution in [0, 0.1) is 0 Å². The van der Waals surface area contributed by atoms with Crippen LogP contribution in [0.5, 0.6) is 0 Å². The summed E-state index contributed by atoms with van der Waals surface area (Å²) in [6, 6.07) is 0. The van der Waals surface area contributed by atoms with E-state index in [0.29, 0.717) is 18.4 Å². The molecule has 0 saturated carbocycles. The van der Waals surface area contributed by atoms with Crippen molar-refractivity contribution in [3.63, 3.8) is 0 Å². The van der Waals surface area contributed by atoms with Gasteiger partial charge < -0.3 is 4.74 Å². The third kappa shape index (κ3) is 2.70. The predicted molar refractivity (Wildman–Crippen MR) is 74.7 cm³/mol. The first kappa shape index (κ1) is 15.6. The number of ether oxygens (including phenoxy) is 1. The molecule has 122 valence electrons. The predicted octanol–water partition coefficient (Wildman–Crippen LogP) is 0.556. The van der Waals surface area contributed by atoms with E-state index in [0.717, 1.165) is 0 Å². The molecule has 2 aliphatic heterocycles. The lowest BCUT2D eigenvalue weighted by Crippen LogP contribution is -2.34. The fraction of sp³-hybridized carbons (Fsp3) is 0.667. The number of H-pyrrole nitrogens is 1. The first-order chi connectivity index (χ1) is 10.5. The molecule has 3 heterocycles. The summed E-state index contributed by atoms with van der Waals surface area (Å²) in [5.41, 5.74) is -0.470. The highest BCUT2D eigenvalue weighted by atomic mass is 31.2. The largest absolute Gasteiger partial charge is 0.474 e. The van der Waals surface area contributed by atoms with E-state index in [9.17, 15) is 14.2 Å². The van der Waals surface area contributed by atoms with Crippen molar-refractivity contribution in [2.45, 2.75) is 38.2 Å². The second-order valence-corrected chi connectivity index (χ2v) is 6.84. The zero-order valence-corrected chi connectivity index (χ0v) is 13.1. The van der Waals surface area contributed by atoms with Crippen molar-refractivity contribution in [3.05, 3.63) is 32.6 Å². The van der Waals surface area contributed by atoms with Gasteiger partial charge in [0.15, 0.2) is 0 Å². The minimum absolute atomic E-state index is 0.0605. The zero-order valence-electron chi connectivity index (χ0n) is 12.2. The Morgan fingerprint density at radius 2 is 2.23 bits per heavy atom. The number of aryl methyl sites for hydroxylation is 1. The summed E-state index contributed by atoms with van der Waals surface area (Å²) in [5, 5.41) is 0. The molecule has 2 aliphatic rings. The zero-order chi connectivity index (χ0) is 15.9. The normalized spacial score (nSPS) is 34.5. The Labute approximate surface area is 125 Å². The molecule has 9 nitrogen and oxygen atoms in total. The van der Waals surface area contributed by atoms with E-state index in [1.165, 1.54) is 17.9 Å². The van der Waals surface area contributed by atoms with Gasteiger partial charge in [-0.15, -0.1) is 0 Å². The number of hydrogen-bond donors (Lipinski definition) is 1. The summed E-state index contributed by atoms with van der Waals surface area (Å²) in [7, 11) is -2.30. The summed E-state index contributed by atoms with van der Waals surface area (Å²) < 4.78 is 34.1. The van der Waals surface area contributed by atoms with Crippen LogP contribution in [-0.4, -0.2) is 35.5 Å². The second-order valence-electron chi connectivity index (χ2n) is 5.11. The van der Waals surface area contributed by atoms with Gasteiger partial charge in [-0.1, -0.05) is 6.92 Å². The van der Waals surface area contributed by atoms with Crippen LogP contribution in [0.4, 0.5) is 0 Å². The standard InChI is InChI=1S/C12H17N2O7P/c1-3-7-5-14(12(16)13-11(7)15)10-4-8-9(20-10)6-19-22(17,18-2)21-8/h5,8-10H,3-4,6H2,1-2H3,(H,13,15,16)/t8-,9+,10+,22+/m0/s1. The minimum Gasteiger partial charge on any atom is -0.349 e. The molecule has 3 rings (SSSR count). The molecular weight excluding hydrogens is 315 g/mol. The van der Waals surface area contributed by atoms with Gasteiger partial charge in [0.2, 0.25) is 0 Å². The van der Waals surface area contributed by atoms with E-state index < -0.39 is 37.5 Å². The Morgan fingerprint density at radius 3 is 2.91 bits per heavy atom. The molecule has 2 fully saturated rings. The average Bonchev–Trinajstić information content (AvgIpc) is 2.89. The van der Waals surface area contributed by atoms with Gasteiger partial charge >= 0.3 is 13.5 Å². The maximum Gasteiger partial charge on any atom is 0.474 e. The summed E-state index contributed by atoms with van der Waals surface area (Å²) in [5.74, 6) is 0. The molecule has 1 aromatic rings. The molecule has 0 unspecified atom stereocenters. The highest BCUT2D eigenvalue weighted by Crippen LogP contribution is 2.55. The number of fused-ring (bicyclic) bond motifs is 1. The molecule has 1 N–H and O–H groups in total. The molecule has 10 heteroatoms. The van der Waals surface area contributed by atoms with Crippen molar-refractivity contribution < 1.29 is 22.9 Å². The maximum absolute atomic E-state index is 12.0. The number of aromatic nitrogens is 2. The van der Waals surface area contributed by atoms with Gasteiger partial charge in [0.05, 0.1) is 6.61 Å². The van der Waals surface area contributed by atoms with Crippen molar-refractivity contribution in [3.8, 4) is 0 Å². The molecule has 0 aromatic carbocycles. The molecule has 0 bridgehead atoms. The van der Waals surface area contributed by atoms with E-state index in [4.69, 9.17) is 18.3 Å². The topological polar surface area (TPSA) is 109 Å². The van der Waals surface area contributed by atoms with Gasteiger partial charge in [0.25, 0.3) is 5.56 Å². The third-order valence-electron chi connectivity index (χ3n) is 3.80. The van der Waals surface area contributed by atoms with Crippen LogP contribution < -0.4 is 11.2 Å². The number of hydrogen-bond acceptors (Lipinski definition) is 7. The molecule has 2 saturated heterocycles. The lowest BCUT2D eigenvalue weighted by molar-refractivity contribution is -0.0701. The van der Waals surface area contributed by atoms with Crippen molar-refractivity contribution in [1.29, 1.82) is 0 Å². The van der Waals surface area contributed by atoms with E-state index in [2.05, 4.69) is 4.98 Å². The van der Waals surface area contributed by atoms with Crippen molar-refractivity contribution >= 4 is 7.82 Å². The van der Waals surface area contributed by atoms with Crippen molar-refractivity contribution in [2.75, 3.05) is 13.7 Å². The second kappa shape index (κ2) is 5.75. The van der Waals surface area contributed by atoms with Gasteiger partial charge in [0, 0.05) is 25.3 Å². The van der Waals surface area contributed by atoms with Gasteiger partial charge in [-0.05, 0) is 6.42 Å². The van der Waals surface area contributed by atoms with Gasteiger partial charge in [0.1, 0.15) is 18.4 Å². The fourth-order valence-corrected chi connectivity index (χ4v) is 3.72. The molecule has 1 aromatic heterocycles. The average molecular weight is 332 g/mol. The molecule has 0 spiro atoms. The number of rotatable bonds is 3. The lowest BCUT2D eigenvalue weighted by Gasteiger charge is -2.28. The fourth-order valence-electron chi connectivity index (χ4n) is 2.58. The molecule has 22 heavy (non-hydrogen) atoms. The Kier molecular flexibility index (Phi) is 4.09. The van der Waals surface area contributed by atoms with Crippen molar-refractivity contribution in [2.24, 2.45) is 0 Å².